The molecule has 0 aliphatic heterocycles. The van der Waals surface area contributed by atoms with E-state index in [2.05, 4.69) is 15.3 Å². The van der Waals surface area contributed by atoms with Crippen molar-refractivity contribution in [3.05, 3.63) is 69.4 Å². The van der Waals surface area contributed by atoms with Gasteiger partial charge in [0.2, 0.25) is 0 Å². The lowest BCUT2D eigenvalue weighted by atomic mass is 10.3. The Morgan fingerprint density at radius 1 is 1.12 bits per heavy atom. The lowest BCUT2D eigenvalue weighted by Crippen LogP contribution is -2.11. The highest BCUT2D eigenvalue weighted by molar-refractivity contribution is 7.98. The van der Waals surface area contributed by atoms with Gasteiger partial charge in [-0.15, -0.1) is 0 Å². The molecule has 2 aromatic heterocycles. The predicted molar refractivity (Wildman–Crippen MR) is 104 cm³/mol. The molecule has 2 heterocycles. The average molecular weight is 408 g/mol. The smallest absolute Gasteiger partial charge is 0.291 e. The van der Waals surface area contributed by atoms with Crippen molar-refractivity contribution in [3.8, 4) is 0 Å². The molecule has 8 heteroatoms. The first-order valence-corrected chi connectivity index (χ1v) is 9.45. The van der Waals surface area contributed by atoms with Crippen molar-refractivity contribution in [1.29, 1.82) is 0 Å². The average Bonchev–Trinajstić information content (AvgIpc) is 3.04. The van der Waals surface area contributed by atoms with Gasteiger partial charge in [0.05, 0.1) is 16.5 Å². The third-order valence-corrected chi connectivity index (χ3v) is 4.79. The number of nitrogens with zero attached hydrogens (tertiary/aromatic N) is 2. The van der Waals surface area contributed by atoms with Crippen molar-refractivity contribution >= 4 is 46.6 Å². The number of anilines is 1. The molecule has 5 nitrogen and oxygen atoms in total. The van der Waals surface area contributed by atoms with Crippen LogP contribution in [0.4, 0.5) is 5.69 Å². The number of nitrogens with one attached hydrogen (secondary N) is 1. The number of furan rings is 1. The van der Waals surface area contributed by atoms with Crippen molar-refractivity contribution in [3.63, 3.8) is 0 Å². The Bertz CT molecular complexity index is 939. The number of hydrogen-bond donors (Lipinski definition) is 1. The largest absolute Gasteiger partial charge is 0.455 e. The number of halogens is 2. The van der Waals surface area contributed by atoms with Gasteiger partial charge in [-0.25, -0.2) is 9.97 Å². The second kappa shape index (κ2) is 8.12. The molecule has 0 aliphatic rings. The minimum atomic E-state index is -0.381. The number of benzene rings is 1. The molecule has 0 radical (unpaired) electrons. The summed E-state index contributed by atoms with van der Waals surface area (Å²) in [7, 11) is 0. The van der Waals surface area contributed by atoms with E-state index in [1.165, 1.54) is 11.8 Å². The van der Waals surface area contributed by atoms with Crippen molar-refractivity contribution in [2.24, 2.45) is 0 Å². The van der Waals surface area contributed by atoms with Crippen LogP contribution in [0.2, 0.25) is 10.0 Å². The van der Waals surface area contributed by atoms with Crippen LogP contribution in [0.3, 0.4) is 0 Å². The summed E-state index contributed by atoms with van der Waals surface area (Å²) in [6.45, 7) is 3.85. The third-order valence-electron chi connectivity index (χ3n) is 3.37. The van der Waals surface area contributed by atoms with Crippen molar-refractivity contribution < 1.29 is 9.21 Å². The molecule has 0 spiro atoms. The summed E-state index contributed by atoms with van der Waals surface area (Å²) in [5.41, 5.74) is 2.30. The minimum Gasteiger partial charge on any atom is -0.455 e. The zero-order valence-corrected chi connectivity index (χ0v) is 16.4. The van der Waals surface area contributed by atoms with E-state index in [9.17, 15) is 4.79 Å². The minimum absolute atomic E-state index is 0.202. The standard InChI is InChI=1S/C18H15Cl2N3O2S/c1-10-7-11(2)22-18(21-10)26-9-13-4-6-16(25-13)17(24)23-15-5-3-12(19)8-14(15)20/h3-8H,9H2,1-2H3,(H,23,24). The van der Waals surface area contributed by atoms with Gasteiger partial charge in [-0.05, 0) is 50.2 Å². The van der Waals surface area contributed by atoms with Crippen LogP contribution < -0.4 is 5.32 Å². The third kappa shape index (κ3) is 4.78. The van der Waals surface area contributed by atoms with Crippen LogP contribution in [-0.4, -0.2) is 15.9 Å². The first-order valence-electron chi connectivity index (χ1n) is 7.71. The molecule has 1 aromatic carbocycles. The SMILES string of the molecule is Cc1cc(C)nc(SCc2ccc(C(=O)Nc3ccc(Cl)cc3Cl)o2)n1. The van der Waals surface area contributed by atoms with E-state index in [1.807, 2.05) is 19.9 Å². The molecule has 0 aliphatic carbocycles. The van der Waals surface area contributed by atoms with Crippen LogP contribution >= 0.6 is 35.0 Å². The Labute approximate surface area is 165 Å². The summed E-state index contributed by atoms with van der Waals surface area (Å²) >= 11 is 13.4. The van der Waals surface area contributed by atoms with Crippen molar-refractivity contribution in [2.45, 2.75) is 24.8 Å². The van der Waals surface area contributed by atoms with Gasteiger partial charge in [0.15, 0.2) is 10.9 Å². The maximum Gasteiger partial charge on any atom is 0.291 e. The van der Waals surface area contributed by atoms with Gasteiger partial charge in [-0.1, -0.05) is 35.0 Å². The van der Waals surface area contributed by atoms with Crippen LogP contribution in [0.1, 0.15) is 27.7 Å². The second-order valence-corrected chi connectivity index (χ2v) is 7.35. The maximum atomic E-state index is 12.3. The predicted octanol–water partition coefficient (Wildman–Crippen LogP) is 5.54. The van der Waals surface area contributed by atoms with Gasteiger partial charge in [-0.2, -0.15) is 0 Å². The molecular weight excluding hydrogens is 393 g/mol. The van der Waals surface area contributed by atoms with E-state index in [1.54, 1.807) is 30.3 Å². The van der Waals surface area contributed by atoms with Crippen LogP contribution in [0, 0.1) is 13.8 Å². The number of carbonyl (C=O) groups excluding carboxylic acids is 1. The first kappa shape index (κ1) is 18.8. The fraction of sp³-hybridized carbons (Fsp3) is 0.167. The zero-order chi connectivity index (χ0) is 18.7. The van der Waals surface area contributed by atoms with E-state index in [-0.39, 0.29) is 11.7 Å². The lowest BCUT2D eigenvalue weighted by molar-refractivity contribution is 0.0995. The van der Waals surface area contributed by atoms with Gasteiger partial charge < -0.3 is 9.73 Å². The van der Waals surface area contributed by atoms with Gasteiger partial charge in [-0.3, -0.25) is 4.79 Å². The Balaban J connectivity index is 1.64. The maximum absolute atomic E-state index is 12.3. The van der Waals surface area contributed by atoms with E-state index in [0.717, 1.165) is 11.4 Å². The second-order valence-electron chi connectivity index (χ2n) is 5.57. The highest BCUT2D eigenvalue weighted by Crippen LogP contribution is 2.26. The fourth-order valence-corrected chi connectivity index (χ4v) is 3.55. The molecule has 1 N–H and O–H groups in total. The summed E-state index contributed by atoms with van der Waals surface area (Å²) in [4.78, 5) is 21.0. The Morgan fingerprint density at radius 3 is 2.54 bits per heavy atom. The van der Waals surface area contributed by atoms with Crippen LogP contribution in [0.5, 0.6) is 0 Å². The molecule has 0 saturated carbocycles. The molecular formula is C18H15Cl2N3O2S. The Kier molecular flexibility index (Phi) is 5.86. The number of hydrogen-bond acceptors (Lipinski definition) is 5. The van der Waals surface area contributed by atoms with Crippen molar-refractivity contribution in [1.82, 2.24) is 9.97 Å². The van der Waals surface area contributed by atoms with E-state index in [4.69, 9.17) is 27.6 Å². The molecule has 26 heavy (non-hydrogen) atoms. The highest BCUT2D eigenvalue weighted by Gasteiger charge is 2.14. The molecule has 3 aromatic rings. The number of carbonyl (C=O) groups is 1. The molecule has 1 amide bonds. The molecule has 0 saturated heterocycles. The Hall–Kier alpha value is -2.02. The number of thioether (sulfide) groups is 1. The Morgan fingerprint density at radius 2 is 1.85 bits per heavy atom. The normalized spacial score (nSPS) is 10.8. The molecule has 3 rings (SSSR count). The van der Waals surface area contributed by atoms with E-state index >= 15 is 0 Å². The van der Waals surface area contributed by atoms with Crippen LogP contribution in [-0.2, 0) is 5.75 Å². The summed E-state index contributed by atoms with van der Waals surface area (Å²) in [5.74, 6) is 1.00. The van der Waals surface area contributed by atoms with Gasteiger partial charge >= 0.3 is 0 Å². The monoisotopic (exact) mass is 407 g/mol. The first-order chi connectivity index (χ1) is 12.4. The van der Waals surface area contributed by atoms with Gasteiger partial charge in [0, 0.05) is 16.4 Å². The summed E-state index contributed by atoms with van der Waals surface area (Å²) < 4.78 is 5.61. The number of amides is 1. The lowest BCUT2D eigenvalue weighted by Gasteiger charge is -2.05. The van der Waals surface area contributed by atoms with Crippen LogP contribution in [0.25, 0.3) is 0 Å². The highest BCUT2D eigenvalue weighted by atomic mass is 35.5. The molecule has 0 atom stereocenters. The van der Waals surface area contributed by atoms with Gasteiger partial charge in [0.1, 0.15) is 5.76 Å². The fourth-order valence-electron chi connectivity index (χ4n) is 2.25. The quantitative estimate of drug-likeness (QED) is 0.444. The van der Waals surface area contributed by atoms with E-state index < -0.39 is 0 Å². The molecule has 0 unspecified atom stereocenters. The zero-order valence-electron chi connectivity index (χ0n) is 14.0. The topological polar surface area (TPSA) is 68.0 Å². The number of aromatic nitrogens is 2. The van der Waals surface area contributed by atoms with E-state index in [0.29, 0.717) is 32.4 Å². The summed E-state index contributed by atoms with van der Waals surface area (Å²) in [6, 6.07) is 10.1. The number of rotatable bonds is 5. The summed E-state index contributed by atoms with van der Waals surface area (Å²) in [5, 5.41) is 4.24. The number of aryl methyl sites for hydroxylation is 2. The summed E-state index contributed by atoms with van der Waals surface area (Å²) in [6.07, 6.45) is 0. The van der Waals surface area contributed by atoms with Crippen LogP contribution in [0.15, 0.2) is 46.0 Å². The molecule has 0 fully saturated rings. The van der Waals surface area contributed by atoms with Crippen molar-refractivity contribution in [2.75, 3.05) is 5.32 Å². The molecule has 134 valence electrons. The molecule has 0 bridgehead atoms. The van der Waals surface area contributed by atoms with Gasteiger partial charge in [0.25, 0.3) is 5.91 Å².